The molecule has 1 fully saturated rings. The van der Waals surface area contributed by atoms with Crippen LogP contribution in [0.3, 0.4) is 0 Å². The molecule has 0 amide bonds. The first-order chi connectivity index (χ1) is 8.05. The topological polar surface area (TPSA) is 34.1 Å². The van der Waals surface area contributed by atoms with Crippen LogP contribution >= 0.6 is 0 Å². The van der Waals surface area contributed by atoms with Gasteiger partial charge in [0.2, 0.25) is 5.88 Å². The number of aromatic nitrogens is 1. The van der Waals surface area contributed by atoms with E-state index in [1.54, 1.807) is 0 Å². The van der Waals surface area contributed by atoms with Gasteiger partial charge in [0, 0.05) is 18.8 Å². The van der Waals surface area contributed by atoms with Gasteiger partial charge in [-0.2, -0.15) is 13.2 Å². The number of nitrogens with zero attached hydrogens (tertiary/aromatic N) is 1. The average molecular weight is 246 g/mol. The smallest absolute Gasteiger partial charge is 0.417 e. The monoisotopic (exact) mass is 246 g/mol. The lowest BCUT2D eigenvalue weighted by atomic mass is 10.1. The molecule has 2 heterocycles. The second-order valence-corrected chi connectivity index (χ2v) is 3.97. The highest BCUT2D eigenvalue weighted by atomic mass is 19.4. The van der Waals surface area contributed by atoms with E-state index in [1.165, 1.54) is 6.07 Å². The van der Waals surface area contributed by atoms with Crippen molar-refractivity contribution in [3.05, 3.63) is 23.9 Å². The van der Waals surface area contributed by atoms with E-state index in [1.807, 2.05) is 0 Å². The van der Waals surface area contributed by atoms with Gasteiger partial charge in [-0.3, -0.25) is 0 Å². The highest BCUT2D eigenvalue weighted by Crippen LogP contribution is 2.29. The summed E-state index contributed by atoms with van der Waals surface area (Å²) in [6.07, 6.45) is -1.65. The lowest BCUT2D eigenvalue weighted by Gasteiger charge is -2.23. The molecule has 0 spiro atoms. The maximum atomic E-state index is 12.3. The van der Waals surface area contributed by atoms with Crippen molar-refractivity contribution in [2.75, 3.05) is 13.1 Å². The van der Waals surface area contributed by atoms with Gasteiger partial charge in [-0.15, -0.1) is 0 Å². The number of hydrogen-bond donors (Lipinski definition) is 1. The highest BCUT2D eigenvalue weighted by Gasteiger charge is 2.30. The van der Waals surface area contributed by atoms with Crippen molar-refractivity contribution in [3.63, 3.8) is 0 Å². The molecule has 0 saturated carbocycles. The minimum atomic E-state index is -4.35. The zero-order chi connectivity index (χ0) is 12.3. The van der Waals surface area contributed by atoms with Crippen LogP contribution in [0.15, 0.2) is 18.3 Å². The predicted molar refractivity (Wildman–Crippen MR) is 55.8 cm³/mol. The summed E-state index contributed by atoms with van der Waals surface area (Å²) < 4.78 is 42.3. The standard InChI is InChI=1S/C11H13F3N2O/c12-11(13,14)8-3-4-10(16-6-8)17-9-2-1-5-15-7-9/h3-4,6,9,15H,1-2,5,7H2/t9-/m1/s1. The van der Waals surface area contributed by atoms with Gasteiger partial charge in [0.05, 0.1) is 5.56 Å². The molecule has 1 N–H and O–H groups in total. The fourth-order valence-electron chi connectivity index (χ4n) is 1.71. The Hall–Kier alpha value is -1.30. The Morgan fingerprint density at radius 2 is 2.18 bits per heavy atom. The molecule has 2 rings (SSSR count). The third kappa shape index (κ3) is 3.33. The predicted octanol–water partition coefficient (Wildman–Crippen LogP) is 2.23. The van der Waals surface area contributed by atoms with Crippen molar-refractivity contribution < 1.29 is 17.9 Å². The van der Waals surface area contributed by atoms with E-state index < -0.39 is 11.7 Å². The van der Waals surface area contributed by atoms with Gasteiger partial charge < -0.3 is 10.1 Å². The van der Waals surface area contributed by atoms with Crippen molar-refractivity contribution in [2.24, 2.45) is 0 Å². The van der Waals surface area contributed by atoms with E-state index in [2.05, 4.69) is 10.3 Å². The summed E-state index contributed by atoms with van der Waals surface area (Å²) in [5.74, 6) is 0.242. The molecule has 94 valence electrons. The van der Waals surface area contributed by atoms with Crippen LogP contribution in [0.5, 0.6) is 5.88 Å². The molecular formula is C11H13F3N2O. The molecule has 3 nitrogen and oxygen atoms in total. The molecule has 0 aliphatic carbocycles. The number of rotatable bonds is 2. The molecule has 17 heavy (non-hydrogen) atoms. The third-order valence-electron chi connectivity index (χ3n) is 2.60. The number of piperidine rings is 1. The van der Waals surface area contributed by atoms with Crippen LogP contribution in [-0.4, -0.2) is 24.2 Å². The summed E-state index contributed by atoms with van der Waals surface area (Å²) in [5.41, 5.74) is -0.758. The van der Waals surface area contributed by atoms with Gasteiger partial charge in [-0.1, -0.05) is 0 Å². The Morgan fingerprint density at radius 1 is 1.35 bits per heavy atom. The molecule has 1 aromatic rings. The normalized spacial score (nSPS) is 21.2. The molecule has 1 aliphatic heterocycles. The van der Waals surface area contributed by atoms with Crippen LogP contribution in [0.2, 0.25) is 0 Å². The van der Waals surface area contributed by atoms with Crippen LogP contribution in [-0.2, 0) is 6.18 Å². The van der Waals surface area contributed by atoms with Crippen LogP contribution in [0.4, 0.5) is 13.2 Å². The lowest BCUT2D eigenvalue weighted by Crippen LogP contribution is -2.37. The fourth-order valence-corrected chi connectivity index (χ4v) is 1.71. The number of pyridine rings is 1. The van der Waals surface area contributed by atoms with Crippen LogP contribution in [0.1, 0.15) is 18.4 Å². The number of ether oxygens (including phenoxy) is 1. The van der Waals surface area contributed by atoms with E-state index >= 15 is 0 Å². The van der Waals surface area contributed by atoms with Gasteiger partial charge in [0.25, 0.3) is 0 Å². The summed E-state index contributed by atoms with van der Waals surface area (Å²) in [6.45, 7) is 1.67. The molecule has 1 aromatic heterocycles. The Kier molecular flexibility index (Phi) is 3.51. The van der Waals surface area contributed by atoms with Crippen LogP contribution < -0.4 is 10.1 Å². The lowest BCUT2D eigenvalue weighted by molar-refractivity contribution is -0.137. The van der Waals surface area contributed by atoms with Crippen LogP contribution in [0.25, 0.3) is 0 Å². The minimum absolute atomic E-state index is 0.00649. The van der Waals surface area contributed by atoms with Gasteiger partial charge in [0.15, 0.2) is 0 Å². The first-order valence-electron chi connectivity index (χ1n) is 5.46. The number of halogens is 3. The first-order valence-corrected chi connectivity index (χ1v) is 5.46. The third-order valence-corrected chi connectivity index (χ3v) is 2.60. The van der Waals surface area contributed by atoms with Crippen molar-refractivity contribution in [3.8, 4) is 5.88 Å². The largest absolute Gasteiger partial charge is 0.473 e. The average Bonchev–Trinajstić information content (AvgIpc) is 2.30. The van der Waals surface area contributed by atoms with Gasteiger partial charge in [-0.05, 0) is 25.5 Å². The van der Waals surface area contributed by atoms with Crippen molar-refractivity contribution in [1.82, 2.24) is 10.3 Å². The molecular weight excluding hydrogens is 233 g/mol. The summed E-state index contributed by atoms with van der Waals surface area (Å²) >= 11 is 0. The number of alkyl halides is 3. The molecule has 0 radical (unpaired) electrons. The molecule has 1 aliphatic rings. The van der Waals surface area contributed by atoms with Gasteiger partial charge in [-0.25, -0.2) is 4.98 Å². The van der Waals surface area contributed by atoms with E-state index in [4.69, 9.17) is 4.74 Å². The summed E-state index contributed by atoms with van der Waals surface area (Å²) in [7, 11) is 0. The van der Waals surface area contributed by atoms with Crippen LogP contribution in [0, 0.1) is 0 Å². The first kappa shape index (κ1) is 12.2. The Morgan fingerprint density at radius 3 is 2.71 bits per heavy atom. The Labute approximate surface area is 97.0 Å². The molecule has 1 atom stereocenters. The zero-order valence-electron chi connectivity index (χ0n) is 9.13. The molecule has 0 bridgehead atoms. The second-order valence-electron chi connectivity index (χ2n) is 3.97. The summed E-state index contributed by atoms with van der Waals surface area (Å²) in [4.78, 5) is 3.67. The molecule has 6 heteroatoms. The van der Waals surface area contributed by atoms with Gasteiger partial charge >= 0.3 is 6.18 Å². The summed E-state index contributed by atoms with van der Waals surface area (Å²) in [5, 5.41) is 3.16. The molecule has 1 saturated heterocycles. The fraction of sp³-hybridized carbons (Fsp3) is 0.545. The van der Waals surface area contributed by atoms with Crippen molar-refractivity contribution >= 4 is 0 Å². The highest BCUT2D eigenvalue weighted by molar-refractivity contribution is 5.20. The van der Waals surface area contributed by atoms with E-state index in [-0.39, 0.29) is 12.0 Å². The number of hydrogen-bond acceptors (Lipinski definition) is 3. The Balaban J connectivity index is 1.98. The molecule has 0 unspecified atom stereocenters. The van der Waals surface area contributed by atoms with E-state index in [0.717, 1.165) is 31.6 Å². The maximum Gasteiger partial charge on any atom is 0.417 e. The van der Waals surface area contributed by atoms with Crippen molar-refractivity contribution in [1.29, 1.82) is 0 Å². The van der Waals surface area contributed by atoms with Crippen molar-refractivity contribution in [2.45, 2.75) is 25.1 Å². The zero-order valence-corrected chi connectivity index (χ0v) is 9.13. The number of nitrogens with one attached hydrogen (secondary N) is 1. The van der Waals surface area contributed by atoms with E-state index in [9.17, 15) is 13.2 Å². The summed E-state index contributed by atoms with van der Waals surface area (Å²) in [6, 6.07) is 2.25. The molecule has 0 aromatic carbocycles. The maximum absolute atomic E-state index is 12.3. The second kappa shape index (κ2) is 4.91. The van der Waals surface area contributed by atoms with E-state index in [0.29, 0.717) is 6.54 Å². The van der Waals surface area contributed by atoms with Gasteiger partial charge in [0.1, 0.15) is 6.10 Å². The minimum Gasteiger partial charge on any atom is -0.473 e. The quantitative estimate of drug-likeness (QED) is 0.868. The SMILES string of the molecule is FC(F)(F)c1ccc(O[C@@H]2CCCNC2)nc1. The Bertz CT molecular complexity index is 358.